The van der Waals surface area contributed by atoms with E-state index in [1.807, 2.05) is 54.6 Å². The molecule has 0 fully saturated rings. The van der Waals surface area contributed by atoms with E-state index in [9.17, 15) is 4.79 Å². The second-order valence-electron chi connectivity index (χ2n) is 5.64. The van der Waals surface area contributed by atoms with Crippen LogP contribution < -0.4 is 11.3 Å². The number of carbonyl (C=O) groups is 1. The molecule has 0 saturated heterocycles. The lowest BCUT2D eigenvalue weighted by molar-refractivity contribution is -0.118. The second-order valence-corrected chi connectivity index (χ2v) is 6.83. The van der Waals surface area contributed by atoms with Crippen LogP contribution in [0, 0.1) is 0 Å². The van der Waals surface area contributed by atoms with Crippen molar-refractivity contribution in [3.8, 4) is 0 Å². The van der Waals surface area contributed by atoms with Crippen molar-refractivity contribution in [2.45, 2.75) is 4.75 Å². The molecule has 0 aliphatic carbocycles. The van der Waals surface area contributed by atoms with Gasteiger partial charge in [-0.05, 0) is 16.7 Å². The first-order chi connectivity index (χ1) is 12.3. The minimum absolute atomic E-state index is 0.197. The number of nitrogens with two attached hydrogens (primary N) is 1. The van der Waals surface area contributed by atoms with Crippen molar-refractivity contribution >= 4 is 17.7 Å². The van der Waals surface area contributed by atoms with E-state index in [0.717, 1.165) is 16.7 Å². The molecule has 1 amide bonds. The van der Waals surface area contributed by atoms with Crippen LogP contribution in [0.2, 0.25) is 0 Å². The molecule has 3 aromatic carbocycles. The molecule has 3 nitrogen and oxygen atoms in total. The first kappa shape index (κ1) is 17.3. The van der Waals surface area contributed by atoms with Crippen LogP contribution in [0.1, 0.15) is 16.7 Å². The number of hydrazine groups is 1. The fourth-order valence-electron chi connectivity index (χ4n) is 2.98. The standard InChI is InChI=1S/C21H20N2OS/c22-23-20(24)16-25-21(17-10-4-1-5-11-17,18-12-6-2-7-13-18)19-14-8-3-9-15-19/h1-15H,16,22H2,(H,23,24). The predicted octanol–water partition coefficient (Wildman–Crippen LogP) is 3.70. The minimum atomic E-state index is -0.490. The van der Waals surface area contributed by atoms with Crippen LogP contribution in [0.4, 0.5) is 0 Å². The van der Waals surface area contributed by atoms with Gasteiger partial charge < -0.3 is 0 Å². The van der Waals surface area contributed by atoms with Crippen molar-refractivity contribution in [3.05, 3.63) is 108 Å². The van der Waals surface area contributed by atoms with Gasteiger partial charge in [0.2, 0.25) is 5.91 Å². The predicted molar refractivity (Wildman–Crippen MR) is 104 cm³/mol. The second kappa shape index (κ2) is 8.01. The molecule has 0 radical (unpaired) electrons. The number of hydrogen-bond acceptors (Lipinski definition) is 3. The number of benzene rings is 3. The van der Waals surface area contributed by atoms with Crippen molar-refractivity contribution in [2.75, 3.05) is 5.75 Å². The van der Waals surface area contributed by atoms with Gasteiger partial charge >= 0.3 is 0 Å². The molecule has 4 heteroatoms. The summed E-state index contributed by atoms with van der Waals surface area (Å²) in [6.07, 6.45) is 0. The SMILES string of the molecule is NNC(=O)CSC(c1ccccc1)(c1ccccc1)c1ccccc1. The average molecular weight is 348 g/mol. The Morgan fingerprint density at radius 2 is 1.12 bits per heavy atom. The third-order valence-corrected chi connectivity index (χ3v) is 5.67. The summed E-state index contributed by atoms with van der Waals surface area (Å²) in [6, 6.07) is 30.8. The van der Waals surface area contributed by atoms with Gasteiger partial charge in [-0.3, -0.25) is 10.2 Å². The summed E-state index contributed by atoms with van der Waals surface area (Å²) in [4.78, 5) is 11.9. The summed E-state index contributed by atoms with van der Waals surface area (Å²) in [5.74, 6) is 5.37. The Morgan fingerprint density at radius 3 is 1.44 bits per heavy atom. The van der Waals surface area contributed by atoms with Crippen LogP contribution in [0.3, 0.4) is 0 Å². The molecule has 0 unspecified atom stereocenters. The van der Waals surface area contributed by atoms with Gasteiger partial charge in [0, 0.05) is 0 Å². The van der Waals surface area contributed by atoms with E-state index in [0.29, 0.717) is 0 Å². The summed E-state index contributed by atoms with van der Waals surface area (Å²) >= 11 is 1.57. The van der Waals surface area contributed by atoms with Crippen LogP contribution in [-0.2, 0) is 9.54 Å². The number of hydrogen-bond donors (Lipinski definition) is 2. The van der Waals surface area contributed by atoms with Crippen molar-refractivity contribution < 1.29 is 4.79 Å². The van der Waals surface area contributed by atoms with Gasteiger partial charge in [-0.25, -0.2) is 5.84 Å². The van der Waals surface area contributed by atoms with Crippen LogP contribution >= 0.6 is 11.8 Å². The fourth-order valence-corrected chi connectivity index (χ4v) is 4.32. The molecule has 0 aliphatic heterocycles. The Balaban J connectivity index is 2.22. The summed E-state index contributed by atoms with van der Waals surface area (Å²) in [5.41, 5.74) is 5.61. The summed E-state index contributed by atoms with van der Waals surface area (Å²) in [7, 11) is 0. The van der Waals surface area contributed by atoms with Crippen molar-refractivity contribution in [2.24, 2.45) is 5.84 Å². The summed E-state index contributed by atoms with van der Waals surface area (Å²) in [5, 5.41) is 0. The van der Waals surface area contributed by atoms with E-state index in [1.165, 1.54) is 0 Å². The lowest BCUT2D eigenvalue weighted by Gasteiger charge is -2.35. The quantitative estimate of drug-likeness (QED) is 0.309. The van der Waals surface area contributed by atoms with Crippen LogP contribution in [0.5, 0.6) is 0 Å². The molecule has 3 rings (SSSR count). The van der Waals surface area contributed by atoms with Gasteiger partial charge in [0.1, 0.15) is 0 Å². The van der Waals surface area contributed by atoms with E-state index >= 15 is 0 Å². The van der Waals surface area contributed by atoms with Gasteiger partial charge in [-0.2, -0.15) is 0 Å². The first-order valence-corrected chi connectivity index (χ1v) is 9.06. The monoisotopic (exact) mass is 348 g/mol. The maximum absolute atomic E-state index is 11.9. The average Bonchev–Trinajstić information content (AvgIpc) is 2.71. The topological polar surface area (TPSA) is 55.1 Å². The Morgan fingerprint density at radius 1 is 0.760 bits per heavy atom. The molecule has 126 valence electrons. The molecule has 0 spiro atoms. The van der Waals surface area contributed by atoms with Gasteiger partial charge in [-0.15, -0.1) is 11.8 Å². The van der Waals surface area contributed by atoms with Crippen LogP contribution in [0.15, 0.2) is 91.0 Å². The maximum atomic E-state index is 11.9. The number of amides is 1. The molecule has 0 bridgehead atoms. The normalized spacial score (nSPS) is 11.1. The first-order valence-electron chi connectivity index (χ1n) is 8.07. The van der Waals surface area contributed by atoms with E-state index in [4.69, 9.17) is 5.84 Å². The highest BCUT2D eigenvalue weighted by molar-refractivity contribution is 8.01. The molecule has 0 saturated carbocycles. The zero-order valence-electron chi connectivity index (χ0n) is 13.8. The van der Waals surface area contributed by atoms with Gasteiger partial charge in [0.25, 0.3) is 0 Å². The minimum Gasteiger partial charge on any atom is -0.294 e. The molecular formula is C21H20N2OS. The van der Waals surface area contributed by atoms with Crippen LogP contribution in [0.25, 0.3) is 0 Å². The van der Waals surface area contributed by atoms with E-state index in [1.54, 1.807) is 11.8 Å². The highest BCUT2D eigenvalue weighted by atomic mass is 32.2. The van der Waals surface area contributed by atoms with E-state index < -0.39 is 4.75 Å². The third kappa shape index (κ3) is 3.60. The molecule has 3 N–H and O–H groups in total. The molecule has 0 aliphatic rings. The summed E-state index contributed by atoms with van der Waals surface area (Å²) in [6.45, 7) is 0. The Hall–Kier alpha value is -2.56. The smallest absolute Gasteiger partial charge is 0.243 e. The van der Waals surface area contributed by atoms with E-state index in [2.05, 4.69) is 41.8 Å². The van der Waals surface area contributed by atoms with Crippen molar-refractivity contribution in [3.63, 3.8) is 0 Å². The largest absolute Gasteiger partial charge is 0.294 e. The number of nitrogens with one attached hydrogen (secondary N) is 1. The molecular weight excluding hydrogens is 328 g/mol. The fraction of sp³-hybridized carbons (Fsp3) is 0.0952. The molecule has 3 aromatic rings. The Labute approximate surface area is 152 Å². The molecule has 0 heterocycles. The molecule has 25 heavy (non-hydrogen) atoms. The van der Waals surface area contributed by atoms with Crippen molar-refractivity contribution in [1.29, 1.82) is 0 Å². The molecule has 0 atom stereocenters. The van der Waals surface area contributed by atoms with Crippen LogP contribution in [-0.4, -0.2) is 11.7 Å². The van der Waals surface area contributed by atoms with Gasteiger partial charge in [0.15, 0.2) is 0 Å². The zero-order valence-corrected chi connectivity index (χ0v) is 14.6. The number of thioether (sulfide) groups is 1. The summed E-state index contributed by atoms with van der Waals surface area (Å²) < 4.78 is -0.490. The highest BCUT2D eigenvalue weighted by Gasteiger charge is 2.37. The van der Waals surface area contributed by atoms with Gasteiger partial charge in [0.05, 0.1) is 10.5 Å². The van der Waals surface area contributed by atoms with Crippen molar-refractivity contribution in [1.82, 2.24) is 5.43 Å². The number of rotatable bonds is 6. The molecule has 0 aromatic heterocycles. The lowest BCUT2D eigenvalue weighted by Crippen LogP contribution is -2.34. The lowest BCUT2D eigenvalue weighted by atomic mass is 9.84. The van der Waals surface area contributed by atoms with Gasteiger partial charge in [-0.1, -0.05) is 91.0 Å². The zero-order chi connectivity index (χ0) is 17.5. The highest BCUT2D eigenvalue weighted by Crippen LogP contribution is 2.48. The Bertz CT molecular complexity index is 710. The Kier molecular flexibility index (Phi) is 5.53. The third-order valence-electron chi connectivity index (χ3n) is 4.12. The maximum Gasteiger partial charge on any atom is 0.243 e. The number of carbonyl (C=O) groups excluding carboxylic acids is 1. The van der Waals surface area contributed by atoms with E-state index in [-0.39, 0.29) is 11.7 Å².